The Labute approximate surface area is 351 Å². The molecule has 0 radical (unpaired) electrons. The number of nitrogens with zero attached hydrogens (tertiary/aromatic N) is 3. The van der Waals surface area contributed by atoms with Crippen LogP contribution >= 0.6 is 0 Å². The third-order valence-corrected chi connectivity index (χ3v) is 12.6. The third-order valence-electron chi connectivity index (χ3n) is 12.6. The summed E-state index contributed by atoms with van der Waals surface area (Å²) in [6, 6.07) is 67.6. The van der Waals surface area contributed by atoms with E-state index in [1.807, 2.05) is 36.9 Å². The van der Waals surface area contributed by atoms with Gasteiger partial charge in [0.05, 0.1) is 16.4 Å². The fourth-order valence-electron chi connectivity index (χ4n) is 9.75. The van der Waals surface area contributed by atoms with E-state index >= 15 is 0 Å². The number of pyridine rings is 2. The summed E-state index contributed by atoms with van der Waals surface area (Å²) >= 11 is 0. The average molecular weight is 770 g/mol. The zero-order chi connectivity index (χ0) is 40.4. The number of hydrogen-bond donors (Lipinski definition) is 0. The first-order chi connectivity index (χ1) is 29.4. The van der Waals surface area contributed by atoms with Crippen LogP contribution in [0, 0.1) is 0 Å². The van der Waals surface area contributed by atoms with Crippen molar-refractivity contribution in [2.24, 2.45) is 0 Å². The van der Waals surface area contributed by atoms with E-state index in [4.69, 9.17) is 0 Å². The Hall–Kier alpha value is -7.36. The van der Waals surface area contributed by atoms with Gasteiger partial charge in [-0.25, -0.2) is 0 Å². The van der Waals surface area contributed by atoms with E-state index < -0.39 is 5.41 Å². The maximum absolute atomic E-state index is 4.48. The molecule has 3 aromatic heterocycles. The molecule has 0 spiro atoms. The molecule has 0 saturated heterocycles. The van der Waals surface area contributed by atoms with Crippen LogP contribution in [0.5, 0.6) is 0 Å². The lowest BCUT2D eigenvalue weighted by Crippen LogP contribution is -2.28. The predicted molar refractivity (Wildman–Crippen MR) is 249 cm³/mol. The molecule has 3 heteroatoms. The fraction of sp³-hybridized carbons (Fsp3) is 0.0877. The van der Waals surface area contributed by atoms with Crippen LogP contribution in [0.3, 0.4) is 0 Å². The molecule has 7 aromatic carbocycles. The summed E-state index contributed by atoms with van der Waals surface area (Å²) in [4.78, 5) is 8.95. The van der Waals surface area contributed by atoms with Crippen LogP contribution in [0.15, 0.2) is 207 Å². The molecule has 0 unspecified atom stereocenters. The van der Waals surface area contributed by atoms with Crippen LogP contribution in [-0.2, 0) is 10.8 Å². The van der Waals surface area contributed by atoms with Gasteiger partial charge in [0.25, 0.3) is 0 Å². The van der Waals surface area contributed by atoms with Crippen LogP contribution < -0.4 is 0 Å². The first-order valence-electron chi connectivity index (χ1n) is 20.8. The number of hydrogen-bond acceptors (Lipinski definition) is 2. The Bertz CT molecular complexity index is 3120. The summed E-state index contributed by atoms with van der Waals surface area (Å²) in [5, 5.41) is 2.48. The molecule has 0 bridgehead atoms. The summed E-state index contributed by atoms with van der Waals surface area (Å²) in [6.45, 7) is 6.82. The second kappa shape index (κ2) is 13.9. The van der Waals surface area contributed by atoms with Crippen molar-refractivity contribution in [3.05, 3.63) is 235 Å². The second-order valence-corrected chi connectivity index (χ2v) is 17.1. The molecule has 0 aliphatic heterocycles. The molecule has 3 nitrogen and oxygen atoms in total. The van der Waals surface area contributed by atoms with Gasteiger partial charge >= 0.3 is 0 Å². The Kier molecular flexibility index (Phi) is 8.28. The standard InChI is InChI=1S/C57H43N3/c1-56(2,3)44-23-26-47(27-24-44)60-54-22-9-6-19-50(54)51-35-46(25-28-55(51)60)57(52-20-7-4-17-48(52)49-18-5-8-21-53(49)57)45-16-10-13-38(34-45)41-31-42(39-14-11-29-58-36-39)33-43(32-41)40-15-12-30-59-37-40/h4-37H,1-3H3. The van der Waals surface area contributed by atoms with Crippen molar-refractivity contribution in [1.82, 2.24) is 14.5 Å². The molecule has 0 atom stereocenters. The first-order valence-corrected chi connectivity index (χ1v) is 20.8. The van der Waals surface area contributed by atoms with Crippen LogP contribution in [0.4, 0.5) is 0 Å². The minimum absolute atomic E-state index is 0.0809. The Morgan fingerprint density at radius 3 is 1.58 bits per heavy atom. The van der Waals surface area contributed by atoms with Crippen LogP contribution in [0.2, 0.25) is 0 Å². The number of rotatable bonds is 6. The van der Waals surface area contributed by atoms with Crippen molar-refractivity contribution < 1.29 is 0 Å². The lowest BCUT2D eigenvalue weighted by atomic mass is 9.67. The third kappa shape index (κ3) is 5.65. The molecule has 0 saturated carbocycles. The number of para-hydroxylation sites is 1. The fourth-order valence-corrected chi connectivity index (χ4v) is 9.75. The van der Waals surface area contributed by atoms with E-state index in [0.29, 0.717) is 0 Å². The quantitative estimate of drug-likeness (QED) is 0.169. The molecule has 0 amide bonds. The molecule has 0 fully saturated rings. The molecule has 11 rings (SSSR count). The summed E-state index contributed by atoms with van der Waals surface area (Å²) in [6.07, 6.45) is 7.54. The van der Waals surface area contributed by atoms with Gasteiger partial charge in [-0.15, -0.1) is 0 Å². The number of aromatic nitrogens is 3. The molecule has 1 aliphatic rings. The van der Waals surface area contributed by atoms with E-state index in [2.05, 4.69) is 205 Å². The summed E-state index contributed by atoms with van der Waals surface area (Å²) < 4.78 is 2.43. The van der Waals surface area contributed by atoms with Crippen LogP contribution in [0.25, 0.3) is 72.0 Å². The average Bonchev–Trinajstić information content (AvgIpc) is 3.80. The molecular formula is C57H43N3. The van der Waals surface area contributed by atoms with Crippen molar-refractivity contribution in [1.29, 1.82) is 0 Å². The lowest BCUT2D eigenvalue weighted by molar-refractivity contribution is 0.590. The van der Waals surface area contributed by atoms with E-state index in [9.17, 15) is 0 Å². The van der Waals surface area contributed by atoms with Gasteiger partial charge in [-0.3, -0.25) is 9.97 Å². The highest BCUT2D eigenvalue weighted by atomic mass is 15.0. The van der Waals surface area contributed by atoms with Gasteiger partial charge in [0.1, 0.15) is 0 Å². The maximum Gasteiger partial charge on any atom is 0.0714 e. The monoisotopic (exact) mass is 769 g/mol. The summed E-state index contributed by atoms with van der Waals surface area (Å²) in [7, 11) is 0. The highest BCUT2D eigenvalue weighted by Crippen LogP contribution is 2.57. The van der Waals surface area contributed by atoms with Crippen molar-refractivity contribution in [3.8, 4) is 50.2 Å². The zero-order valence-corrected chi connectivity index (χ0v) is 34.0. The molecule has 0 N–H and O–H groups in total. The van der Waals surface area contributed by atoms with Gasteiger partial charge in [-0.1, -0.05) is 136 Å². The minimum Gasteiger partial charge on any atom is -0.309 e. The lowest BCUT2D eigenvalue weighted by Gasteiger charge is -2.34. The van der Waals surface area contributed by atoms with Gasteiger partial charge < -0.3 is 4.57 Å². The van der Waals surface area contributed by atoms with Crippen LogP contribution in [-0.4, -0.2) is 14.5 Å². The van der Waals surface area contributed by atoms with E-state index in [1.165, 1.54) is 66.4 Å². The smallest absolute Gasteiger partial charge is 0.0714 e. The van der Waals surface area contributed by atoms with E-state index in [-0.39, 0.29) is 5.41 Å². The van der Waals surface area contributed by atoms with Gasteiger partial charge in [-0.05, 0) is 133 Å². The molecular weight excluding hydrogens is 727 g/mol. The van der Waals surface area contributed by atoms with Gasteiger partial charge in [0.15, 0.2) is 0 Å². The van der Waals surface area contributed by atoms with Crippen molar-refractivity contribution in [2.75, 3.05) is 0 Å². The highest BCUT2D eigenvalue weighted by molar-refractivity contribution is 6.10. The summed E-state index contributed by atoms with van der Waals surface area (Å²) in [5.41, 5.74) is 18.7. The minimum atomic E-state index is -0.581. The normalized spacial score (nSPS) is 13.1. The second-order valence-electron chi connectivity index (χ2n) is 17.1. The van der Waals surface area contributed by atoms with Crippen molar-refractivity contribution in [3.63, 3.8) is 0 Å². The molecule has 1 aliphatic carbocycles. The maximum atomic E-state index is 4.48. The molecule has 10 aromatic rings. The van der Waals surface area contributed by atoms with Crippen LogP contribution in [0.1, 0.15) is 48.6 Å². The first kappa shape index (κ1) is 35.8. The summed E-state index contributed by atoms with van der Waals surface area (Å²) in [5.74, 6) is 0. The van der Waals surface area contributed by atoms with Crippen molar-refractivity contribution >= 4 is 21.8 Å². The Morgan fingerprint density at radius 1 is 0.417 bits per heavy atom. The molecule has 286 valence electrons. The predicted octanol–water partition coefficient (Wildman–Crippen LogP) is 14.2. The van der Waals surface area contributed by atoms with E-state index in [1.54, 1.807) is 0 Å². The number of fused-ring (bicyclic) bond motifs is 6. The Morgan fingerprint density at radius 2 is 0.967 bits per heavy atom. The van der Waals surface area contributed by atoms with Crippen molar-refractivity contribution in [2.45, 2.75) is 31.6 Å². The SMILES string of the molecule is CC(C)(C)c1ccc(-n2c3ccccc3c3cc(C4(c5cccc(-c6cc(-c7cccnc7)cc(-c7cccnc7)c6)c5)c5ccccc5-c5ccccc54)ccc32)cc1. The number of benzene rings is 7. The van der Waals surface area contributed by atoms with Gasteiger partial charge in [0, 0.05) is 52.4 Å². The topological polar surface area (TPSA) is 30.7 Å². The molecule has 60 heavy (non-hydrogen) atoms. The van der Waals surface area contributed by atoms with E-state index in [0.717, 1.165) is 33.4 Å². The van der Waals surface area contributed by atoms with Gasteiger partial charge in [-0.2, -0.15) is 0 Å². The van der Waals surface area contributed by atoms with Gasteiger partial charge in [0.2, 0.25) is 0 Å². The largest absolute Gasteiger partial charge is 0.309 e. The zero-order valence-electron chi connectivity index (χ0n) is 34.0. The highest BCUT2D eigenvalue weighted by Gasteiger charge is 2.46. The molecule has 3 heterocycles. The Balaban J connectivity index is 1.16.